The van der Waals surface area contributed by atoms with Crippen LogP contribution in [0.25, 0.3) is 0 Å². The van der Waals surface area contributed by atoms with Gasteiger partial charge in [-0.2, -0.15) is 0 Å². The van der Waals surface area contributed by atoms with Crippen LogP contribution in [0.5, 0.6) is 11.5 Å². The van der Waals surface area contributed by atoms with Gasteiger partial charge in [0.2, 0.25) is 0 Å². The minimum absolute atomic E-state index is 0.320. The Balaban J connectivity index is 1.57. The first kappa shape index (κ1) is 20.4. The van der Waals surface area contributed by atoms with Crippen molar-refractivity contribution in [3.05, 3.63) is 23.8 Å². The Labute approximate surface area is 163 Å². The molecule has 152 valence electrons. The van der Waals surface area contributed by atoms with Crippen LogP contribution in [0.1, 0.15) is 25.3 Å². The summed E-state index contributed by atoms with van der Waals surface area (Å²) in [5, 5.41) is 10.4. The lowest BCUT2D eigenvalue weighted by atomic mass is 10.1. The highest BCUT2D eigenvalue weighted by Crippen LogP contribution is 2.27. The summed E-state index contributed by atoms with van der Waals surface area (Å²) in [6, 6.07) is 6.03. The standard InChI is InChI=1S/C21H35N3O3/c1-3-22-10-12-24(13-11-22)15-18-6-7-20(26-2)14-21(18)27-17-19(25)16-23-8-4-5-9-23/h6-7,14,19,25H,3-5,8-13,15-17H2,1-2H3. The molecule has 1 aromatic carbocycles. The molecule has 2 fully saturated rings. The van der Waals surface area contributed by atoms with E-state index >= 15 is 0 Å². The van der Waals surface area contributed by atoms with Crippen LogP contribution in [0.15, 0.2) is 18.2 Å². The van der Waals surface area contributed by atoms with Gasteiger partial charge in [-0.25, -0.2) is 0 Å². The predicted molar refractivity (Wildman–Crippen MR) is 108 cm³/mol. The number of methoxy groups -OCH3 is 1. The number of piperazine rings is 1. The van der Waals surface area contributed by atoms with Crippen molar-refractivity contribution >= 4 is 0 Å². The quantitative estimate of drug-likeness (QED) is 0.706. The highest BCUT2D eigenvalue weighted by molar-refractivity contribution is 5.40. The lowest BCUT2D eigenvalue weighted by Gasteiger charge is -2.34. The van der Waals surface area contributed by atoms with Crippen molar-refractivity contribution in [3.8, 4) is 11.5 Å². The van der Waals surface area contributed by atoms with E-state index < -0.39 is 6.10 Å². The first-order valence-electron chi connectivity index (χ1n) is 10.3. The Kier molecular flexibility index (Phi) is 7.76. The molecule has 2 aliphatic rings. The zero-order valence-corrected chi connectivity index (χ0v) is 16.9. The second-order valence-electron chi connectivity index (χ2n) is 7.66. The third-order valence-corrected chi connectivity index (χ3v) is 5.68. The molecule has 0 amide bonds. The summed E-state index contributed by atoms with van der Waals surface area (Å²) in [6.07, 6.45) is 2.01. The summed E-state index contributed by atoms with van der Waals surface area (Å²) in [6.45, 7) is 11.8. The molecule has 6 heteroatoms. The fraction of sp³-hybridized carbons (Fsp3) is 0.714. The van der Waals surface area contributed by atoms with Crippen molar-refractivity contribution in [2.75, 3.05) is 66.1 Å². The number of benzene rings is 1. The fourth-order valence-corrected chi connectivity index (χ4v) is 3.93. The predicted octanol–water partition coefficient (Wildman–Crippen LogP) is 1.67. The molecule has 0 aliphatic carbocycles. The van der Waals surface area contributed by atoms with Gasteiger partial charge < -0.3 is 24.4 Å². The Morgan fingerprint density at radius 1 is 1.00 bits per heavy atom. The van der Waals surface area contributed by atoms with Gasteiger partial charge in [-0.05, 0) is 38.5 Å². The van der Waals surface area contributed by atoms with Gasteiger partial charge in [-0.3, -0.25) is 4.90 Å². The second-order valence-corrected chi connectivity index (χ2v) is 7.66. The number of nitrogens with zero attached hydrogens (tertiary/aromatic N) is 3. The van der Waals surface area contributed by atoms with Crippen molar-refractivity contribution in [1.29, 1.82) is 0 Å². The topological polar surface area (TPSA) is 48.4 Å². The molecule has 3 rings (SSSR count). The van der Waals surface area contributed by atoms with E-state index in [4.69, 9.17) is 9.47 Å². The lowest BCUT2D eigenvalue weighted by Crippen LogP contribution is -2.45. The molecule has 0 aromatic heterocycles. The van der Waals surface area contributed by atoms with Gasteiger partial charge >= 0.3 is 0 Å². The summed E-state index contributed by atoms with van der Waals surface area (Å²) in [7, 11) is 1.67. The molecule has 2 heterocycles. The number of hydrogen-bond acceptors (Lipinski definition) is 6. The number of aliphatic hydroxyl groups is 1. The largest absolute Gasteiger partial charge is 0.497 e. The molecule has 0 bridgehead atoms. The molecule has 2 aliphatic heterocycles. The van der Waals surface area contributed by atoms with Crippen molar-refractivity contribution in [2.45, 2.75) is 32.4 Å². The van der Waals surface area contributed by atoms with E-state index in [0.29, 0.717) is 13.2 Å². The number of rotatable bonds is 9. The molecule has 0 saturated carbocycles. The van der Waals surface area contributed by atoms with E-state index in [1.54, 1.807) is 7.11 Å². The van der Waals surface area contributed by atoms with Crippen LogP contribution >= 0.6 is 0 Å². The number of aliphatic hydroxyl groups excluding tert-OH is 1. The van der Waals surface area contributed by atoms with Crippen molar-refractivity contribution in [2.24, 2.45) is 0 Å². The van der Waals surface area contributed by atoms with E-state index in [1.807, 2.05) is 12.1 Å². The summed E-state index contributed by atoms with van der Waals surface area (Å²) >= 11 is 0. The van der Waals surface area contributed by atoms with Gasteiger partial charge in [0.25, 0.3) is 0 Å². The van der Waals surface area contributed by atoms with E-state index in [9.17, 15) is 5.11 Å². The third-order valence-electron chi connectivity index (χ3n) is 5.68. The van der Waals surface area contributed by atoms with Crippen molar-refractivity contribution in [3.63, 3.8) is 0 Å². The molecule has 0 spiro atoms. The van der Waals surface area contributed by atoms with Crippen LogP contribution in [0.4, 0.5) is 0 Å². The Morgan fingerprint density at radius 3 is 2.37 bits per heavy atom. The minimum atomic E-state index is -0.463. The van der Waals surface area contributed by atoms with E-state index in [1.165, 1.54) is 12.8 Å². The fourth-order valence-electron chi connectivity index (χ4n) is 3.93. The molecule has 1 atom stereocenters. The number of likely N-dealkylation sites (N-methyl/N-ethyl adjacent to an activating group) is 1. The lowest BCUT2D eigenvalue weighted by molar-refractivity contribution is 0.0744. The average Bonchev–Trinajstić information content (AvgIpc) is 3.20. The highest BCUT2D eigenvalue weighted by Gasteiger charge is 2.19. The number of ether oxygens (including phenoxy) is 2. The van der Waals surface area contributed by atoms with Crippen LogP contribution in [0, 0.1) is 0 Å². The number of β-amino-alcohol motifs (C(OH)–C–C–N with tert-alkyl or cyclic N) is 1. The first-order valence-corrected chi connectivity index (χ1v) is 10.3. The molecule has 1 N–H and O–H groups in total. The normalized spacial score (nSPS) is 20.7. The van der Waals surface area contributed by atoms with Crippen LogP contribution in [-0.4, -0.2) is 92.0 Å². The minimum Gasteiger partial charge on any atom is -0.497 e. The SMILES string of the molecule is CCN1CCN(Cc2ccc(OC)cc2OCC(O)CN2CCCC2)CC1. The van der Waals surface area contributed by atoms with Crippen LogP contribution in [-0.2, 0) is 6.54 Å². The monoisotopic (exact) mass is 377 g/mol. The maximum atomic E-state index is 10.4. The second kappa shape index (κ2) is 10.3. The average molecular weight is 378 g/mol. The Bertz CT molecular complexity index is 570. The summed E-state index contributed by atoms with van der Waals surface area (Å²) in [5.74, 6) is 1.62. The molecule has 2 saturated heterocycles. The molecule has 1 unspecified atom stereocenters. The molecular weight excluding hydrogens is 342 g/mol. The van der Waals surface area contributed by atoms with E-state index in [2.05, 4.69) is 27.7 Å². The van der Waals surface area contributed by atoms with Gasteiger partial charge in [-0.15, -0.1) is 0 Å². The summed E-state index contributed by atoms with van der Waals surface area (Å²) in [4.78, 5) is 7.27. The van der Waals surface area contributed by atoms with Gasteiger partial charge in [0.15, 0.2) is 0 Å². The molecule has 27 heavy (non-hydrogen) atoms. The van der Waals surface area contributed by atoms with Gasteiger partial charge in [0.1, 0.15) is 24.2 Å². The molecule has 0 radical (unpaired) electrons. The molecule has 6 nitrogen and oxygen atoms in total. The summed E-state index contributed by atoms with van der Waals surface area (Å²) in [5.41, 5.74) is 1.16. The van der Waals surface area contributed by atoms with Crippen LogP contribution in [0.2, 0.25) is 0 Å². The maximum Gasteiger partial charge on any atom is 0.127 e. The van der Waals surface area contributed by atoms with Gasteiger partial charge in [0.05, 0.1) is 7.11 Å². The highest BCUT2D eigenvalue weighted by atomic mass is 16.5. The third kappa shape index (κ3) is 6.07. The number of hydrogen-bond donors (Lipinski definition) is 1. The smallest absolute Gasteiger partial charge is 0.127 e. The Morgan fingerprint density at radius 2 is 1.70 bits per heavy atom. The maximum absolute atomic E-state index is 10.4. The number of likely N-dealkylation sites (tertiary alicyclic amines) is 1. The van der Waals surface area contributed by atoms with Gasteiger partial charge in [0, 0.05) is 50.9 Å². The zero-order chi connectivity index (χ0) is 19.1. The van der Waals surface area contributed by atoms with Crippen molar-refractivity contribution in [1.82, 2.24) is 14.7 Å². The van der Waals surface area contributed by atoms with E-state index in [-0.39, 0.29) is 0 Å². The van der Waals surface area contributed by atoms with Crippen molar-refractivity contribution < 1.29 is 14.6 Å². The van der Waals surface area contributed by atoms with Gasteiger partial charge in [-0.1, -0.05) is 13.0 Å². The zero-order valence-electron chi connectivity index (χ0n) is 16.9. The van der Waals surface area contributed by atoms with E-state index in [0.717, 1.165) is 69.4 Å². The van der Waals surface area contributed by atoms with Crippen LogP contribution in [0.3, 0.4) is 0 Å². The first-order chi connectivity index (χ1) is 13.2. The molecular formula is C21H35N3O3. The molecule has 1 aromatic rings. The Hall–Kier alpha value is -1.34. The summed E-state index contributed by atoms with van der Waals surface area (Å²) < 4.78 is 11.4. The van der Waals surface area contributed by atoms with Crippen LogP contribution < -0.4 is 9.47 Å².